The van der Waals surface area contributed by atoms with Crippen LogP contribution >= 0.6 is 11.3 Å². The van der Waals surface area contributed by atoms with Crippen LogP contribution in [0.15, 0.2) is 11.4 Å². The van der Waals surface area contributed by atoms with Gasteiger partial charge in [-0.3, -0.25) is 4.79 Å². The highest BCUT2D eigenvalue weighted by molar-refractivity contribution is 7.13. The van der Waals surface area contributed by atoms with Crippen LogP contribution in [0, 0.1) is 5.92 Å². The van der Waals surface area contributed by atoms with E-state index in [0.29, 0.717) is 11.6 Å². The van der Waals surface area contributed by atoms with Gasteiger partial charge in [0.2, 0.25) is 0 Å². The van der Waals surface area contributed by atoms with Crippen LogP contribution in [0.2, 0.25) is 0 Å². The van der Waals surface area contributed by atoms with Gasteiger partial charge in [-0.25, -0.2) is 4.68 Å². The lowest BCUT2D eigenvalue weighted by Crippen LogP contribution is -2.18. The fraction of sp³-hybridized carbons (Fsp3) is 0.400. The van der Waals surface area contributed by atoms with Crippen molar-refractivity contribution in [3.63, 3.8) is 0 Å². The lowest BCUT2D eigenvalue weighted by Gasteiger charge is -2.07. The van der Waals surface area contributed by atoms with Gasteiger partial charge in [0.1, 0.15) is 10.6 Å². The number of nitrogens with zero attached hydrogens (tertiary/aromatic N) is 4. The van der Waals surface area contributed by atoms with Crippen LogP contribution in [0.3, 0.4) is 0 Å². The van der Waals surface area contributed by atoms with Gasteiger partial charge in [0.15, 0.2) is 5.82 Å². The molecule has 0 saturated heterocycles. The third-order valence-corrected chi connectivity index (χ3v) is 3.34. The molecule has 2 aromatic rings. The third-order valence-electron chi connectivity index (χ3n) is 2.45. The molecule has 96 valence electrons. The van der Waals surface area contributed by atoms with Crippen LogP contribution in [-0.2, 0) is 11.3 Å². The minimum absolute atomic E-state index is 0.221. The van der Waals surface area contributed by atoms with Crippen LogP contribution in [0.25, 0.3) is 10.7 Å². The molecule has 0 aliphatic carbocycles. The number of hydrogen-bond acceptors (Lipinski definition) is 6. The molecule has 8 heteroatoms. The zero-order valence-electron chi connectivity index (χ0n) is 9.90. The van der Waals surface area contributed by atoms with Gasteiger partial charge in [-0.15, -0.1) is 16.4 Å². The number of tetrazole rings is 1. The molecule has 0 radical (unpaired) electrons. The van der Waals surface area contributed by atoms with Gasteiger partial charge in [-0.1, -0.05) is 6.92 Å². The molecule has 0 fully saturated rings. The van der Waals surface area contributed by atoms with E-state index in [1.807, 2.05) is 11.4 Å². The Balaban J connectivity index is 2.30. The summed E-state index contributed by atoms with van der Waals surface area (Å²) in [6.07, 6.45) is 0. The molecular weight excluding hydrogens is 256 g/mol. The zero-order chi connectivity index (χ0) is 13.1. The first-order valence-electron chi connectivity index (χ1n) is 5.24. The summed E-state index contributed by atoms with van der Waals surface area (Å²) in [5.74, 6) is -0.234. The second kappa shape index (κ2) is 5.13. The van der Waals surface area contributed by atoms with Gasteiger partial charge < -0.3 is 9.84 Å². The molecule has 18 heavy (non-hydrogen) atoms. The maximum atomic E-state index is 10.8. The number of rotatable bonds is 5. The average molecular weight is 268 g/mol. The largest absolute Gasteiger partial charge is 0.495 e. The molecule has 2 aromatic heterocycles. The molecule has 0 aromatic carbocycles. The summed E-state index contributed by atoms with van der Waals surface area (Å²) >= 11 is 1.45. The van der Waals surface area contributed by atoms with E-state index in [1.165, 1.54) is 16.0 Å². The summed E-state index contributed by atoms with van der Waals surface area (Å²) in [4.78, 5) is 11.6. The van der Waals surface area contributed by atoms with E-state index in [0.717, 1.165) is 4.88 Å². The standard InChI is InChI=1S/C10H12N4O3S/c1-6(10(15)16)5-14-9(11-12-13-14)8-7(17-2)3-4-18-8/h3-4,6H,5H2,1-2H3,(H,15,16). The van der Waals surface area contributed by atoms with E-state index in [1.54, 1.807) is 14.0 Å². The Labute approximate surface area is 107 Å². The maximum absolute atomic E-state index is 10.8. The fourth-order valence-electron chi connectivity index (χ4n) is 1.45. The Bertz CT molecular complexity index is 551. The topological polar surface area (TPSA) is 90.1 Å². The van der Waals surface area contributed by atoms with Gasteiger partial charge >= 0.3 is 5.97 Å². The van der Waals surface area contributed by atoms with Crippen LogP contribution in [0.1, 0.15) is 6.92 Å². The summed E-state index contributed by atoms with van der Waals surface area (Å²) in [6, 6.07) is 1.82. The highest BCUT2D eigenvalue weighted by atomic mass is 32.1. The first kappa shape index (κ1) is 12.5. The predicted octanol–water partition coefficient (Wildman–Crippen LogP) is 1.13. The van der Waals surface area contributed by atoms with Crippen LogP contribution in [-0.4, -0.2) is 38.4 Å². The number of hydrogen-bond donors (Lipinski definition) is 1. The van der Waals surface area contributed by atoms with E-state index < -0.39 is 11.9 Å². The van der Waals surface area contributed by atoms with Crippen molar-refractivity contribution < 1.29 is 14.6 Å². The van der Waals surface area contributed by atoms with Crippen molar-refractivity contribution in [1.82, 2.24) is 20.2 Å². The first-order valence-corrected chi connectivity index (χ1v) is 6.12. The van der Waals surface area contributed by atoms with Crippen molar-refractivity contribution in [2.24, 2.45) is 5.92 Å². The van der Waals surface area contributed by atoms with Crippen LogP contribution in [0.4, 0.5) is 0 Å². The number of carboxylic acid groups (broad SMARTS) is 1. The van der Waals surface area contributed by atoms with E-state index in [-0.39, 0.29) is 6.54 Å². The van der Waals surface area contributed by atoms with Gasteiger partial charge in [0.05, 0.1) is 19.6 Å². The number of carbonyl (C=O) groups is 1. The quantitative estimate of drug-likeness (QED) is 0.874. The minimum Gasteiger partial charge on any atom is -0.495 e. The summed E-state index contributed by atoms with van der Waals surface area (Å²) in [5, 5.41) is 22.1. The second-order valence-electron chi connectivity index (χ2n) is 3.74. The third kappa shape index (κ3) is 2.33. The van der Waals surface area contributed by atoms with Crippen LogP contribution in [0.5, 0.6) is 5.75 Å². The van der Waals surface area contributed by atoms with Gasteiger partial charge in [-0.2, -0.15) is 0 Å². The number of methoxy groups -OCH3 is 1. The fourth-order valence-corrected chi connectivity index (χ4v) is 2.30. The van der Waals surface area contributed by atoms with Gasteiger partial charge in [-0.05, 0) is 21.9 Å². The Kier molecular flexibility index (Phi) is 3.56. The number of carboxylic acids is 1. The van der Waals surface area contributed by atoms with E-state index in [9.17, 15) is 4.79 Å². The minimum atomic E-state index is -0.880. The smallest absolute Gasteiger partial charge is 0.308 e. The highest BCUT2D eigenvalue weighted by Crippen LogP contribution is 2.33. The number of thiophene rings is 1. The lowest BCUT2D eigenvalue weighted by atomic mass is 10.2. The van der Waals surface area contributed by atoms with E-state index in [4.69, 9.17) is 9.84 Å². The Morgan fingerprint density at radius 1 is 1.67 bits per heavy atom. The van der Waals surface area contributed by atoms with Crippen molar-refractivity contribution in [2.45, 2.75) is 13.5 Å². The second-order valence-corrected chi connectivity index (χ2v) is 4.66. The van der Waals surface area contributed by atoms with E-state index in [2.05, 4.69) is 15.5 Å². The van der Waals surface area contributed by atoms with Gasteiger partial charge in [0, 0.05) is 0 Å². The number of aliphatic carboxylic acids is 1. The molecule has 0 aliphatic rings. The predicted molar refractivity (Wildman–Crippen MR) is 64.5 cm³/mol. The molecule has 0 spiro atoms. The van der Waals surface area contributed by atoms with Crippen molar-refractivity contribution in [2.75, 3.05) is 7.11 Å². The highest BCUT2D eigenvalue weighted by Gasteiger charge is 2.19. The Morgan fingerprint density at radius 2 is 2.44 bits per heavy atom. The molecule has 1 N–H and O–H groups in total. The van der Waals surface area contributed by atoms with Crippen LogP contribution < -0.4 is 4.74 Å². The molecule has 2 heterocycles. The molecule has 0 aliphatic heterocycles. The van der Waals surface area contributed by atoms with Crippen molar-refractivity contribution in [3.8, 4) is 16.5 Å². The monoisotopic (exact) mass is 268 g/mol. The van der Waals surface area contributed by atoms with Crippen molar-refractivity contribution >= 4 is 17.3 Å². The summed E-state index contributed by atoms with van der Waals surface area (Å²) in [6.45, 7) is 1.83. The molecule has 1 unspecified atom stereocenters. The van der Waals surface area contributed by atoms with Gasteiger partial charge in [0.25, 0.3) is 0 Å². The Morgan fingerprint density at radius 3 is 3.11 bits per heavy atom. The summed E-state index contributed by atoms with van der Waals surface area (Å²) in [7, 11) is 1.57. The lowest BCUT2D eigenvalue weighted by molar-refractivity contribution is -0.141. The average Bonchev–Trinajstić information content (AvgIpc) is 2.95. The molecule has 0 saturated carbocycles. The SMILES string of the molecule is COc1ccsc1-c1nnnn1CC(C)C(=O)O. The first-order chi connectivity index (χ1) is 8.63. The van der Waals surface area contributed by atoms with Crippen molar-refractivity contribution in [3.05, 3.63) is 11.4 Å². The normalized spacial score (nSPS) is 12.3. The number of aromatic nitrogens is 4. The molecule has 0 amide bonds. The molecule has 1 atom stereocenters. The molecular formula is C10H12N4O3S. The molecule has 2 rings (SSSR count). The summed E-state index contributed by atoms with van der Waals surface area (Å²) in [5.41, 5.74) is 0. The maximum Gasteiger partial charge on any atom is 0.308 e. The molecule has 7 nitrogen and oxygen atoms in total. The zero-order valence-corrected chi connectivity index (χ0v) is 10.7. The number of ether oxygens (including phenoxy) is 1. The summed E-state index contributed by atoms with van der Waals surface area (Å²) < 4.78 is 6.68. The molecule has 0 bridgehead atoms. The Hall–Kier alpha value is -1.96. The van der Waals surface area contributed by atoms with Crippen molar-refractivity contribution in [1.29, 1.82) is 0 Å². The van der Waals surface area contributed by atoms with E-state index >= 15 is 0 Å².